The van der Waals surface area contributed by atoms with E-state index < -0.39 is 0 Å². The highest BCUT2D eigenvalue weighted by atomic mass is 16.5. The lowest BCUT2D eigenvalue weighted by molar-refractivity contribution is -0.123. The molecule has 3 heteroatoms. The molecule has 2 aromatic carbocycles. The minimum absolute atomic E-state index is 0.0275. The van der Waals surface area contributed by atoms with Gasteiger partial charge in [0, 0.05) is 0 Å². The summed E-state index contributed by atoms with van der Waals surface area (Å²) in [5, 5.41) is 2.94. The Labute approximate surface area is 126 Å². The maximum absolute atomic E-state index is 12.0. The summed E-state index contributed by atoms with van der Waals surface area (Å²) in [6, 6.07) is 15.8. The Balaban J connectivity index is 1.91. The zero-order valence-electron chi connectivity index (χ0n) is 12.7. The Morgan fingerprint density at radius 1 is 1.05 bits per heavy atom. The second-order valence-electron chi connectivity index (χ2n) is 5.21. The van der Waals surface area contributed by atoms with Crippen LogP contribution in [0.1, 0.15) is 29.7 Å². The van der Waals surface area contributed by atoms with Crippen molar-refractivity contribution in [3.63, 3.8) is 0 Å². The molecule has 0 saturated heterocycles. The molecule has 0 aliphatic heterocycles. The third-order valence-corrected chi connectivity index (χ3v) is 3.43. The van der Waals surface area contributed by atoms with E-state index in [1.807, 2.05) is 69.3 Å². The topological polar surface area (TPSA) is 38.3 Å². The zero-order chi connectivity index (χ0) is 15.2. The molecule has 0 bridgehead atoms. The van der Waals surface area contributed by atoms with Gasteiger partial charge in [-0.2, -0.15) is 0 Å². The van der Waals surface area contributed by atoms with Gasteiger partial charge in [-0.25, -0.2) is 0 Å². The fraction of sp³-hybridized carbons (Fsp3) is 0.278. The van der Waals surface area contributed by atoms with E-state index in [1.54, 1.807) is 0 Å². The van der Waals surface area contributed by atoms with E-state index in [9.17, 15) is 4.79 Å². The SMILES string of the molecule is Cc1cccc(C)c1OCC(=O)N[C@@H](C)c1ccccc1. The van der Waals surface area contributed by atoms with Crippen LogP contribution >= 0.6 is 0 Å². The molecule has 0 aromatic heterocycles. The summed E-state index contributed by atoms with van der Waals surface area (Å²) in [5.41, 5.74) is 3.16. The predicted octanol–water partition coefficient (Wildman–Crippen LogP) is 3.56. The van der Waals surface area contributed by atoms with Crippen molar-refractivity contribution in [2.45, 2.75) is 26.8 Å². The van der Waals surface area contributed by atoms with Gasteiger partial charge in [-0.3, -0.25) is 4.79 Å². The average molecular weight is 283 g/mol. The maximum atomic E-state index is 12.0. The molecule has 0 saturated carbocycles. The van der Waals surface area contributed by atoms with Gasteiger partial charge in [0.1, 0.15) is 5.75 Å². The molecule has 0 unspecified atom stereocenters. The van der Waals surface area contributed by atoms with Crippen molar-refractivity contribution < 1.29 is 9.53 Å². The number of amides is 1. The molecule has 1 amide bonds. The Morgan fingerprint density at radius 3 is 2.29 bits per heavy atom. The molecule has 110 valence electrons. The van der Waals surface area contributed by atoms with Gasteiger partial charge in [-0.15, -0.1) is 0 Å². The molecular weight excluding hydrogens is 262 g/mol. The van der Waals surface area contributed by atoms with E-state index in [2.05, 4.69) is 5.32 Å². The number of ether oxygens (including phenoxy) is 1. The van der Waals surface area contributed by atoms with Crippen molar-refractivity contribution in [1.82, 2.24) is 5.32 Å². The van der Waals surface area contributed by atoms with Crippen LogP contribution in [0.3, 0.4) is 0 Å². The first kappa shape index (κ1) is 15.1. The van der Waals surface area contributed by atoms with Gasteiger partial charge in [-0.05, 0) is 37.5 Å². The highest BCUT2D eigenvalue weighted by Crippen LogP contribution is 2.22. The summed E-state index contributed by atoms with van der Waals surface area (Å²) in [7, 11) is 0. The number of carbonyl (C=O) groups is 1. The molecule has 0 fully saturated rings. The molecule has 0 radical (unpaired) electrons. The molecule has 2 aromatic rings. The van der Waals surface area contributed by atoms with Gasteiger partial charge >= 0.3 is 0 Å². The normalized spacial score (nSPS) is 11.8. The number of aryl methyl sites for hydroxylation is 2. The van der Waals surface area contributed by atoms with Crippen molar-refractivity contribution in [3.05, 3.63) is 65.2 Å². The molecule has 21 heavy (non-hydrogen) atoms. The van der Waals surface area contributed by atoms with Gasteiger partial charge in [0.15, 0.2) is 6.61 Å². The fourth-order valence-electron chi connectivity index (χ4n) is 2.27. The Bertz CT molecular complexity index is 588. The maximum Gasteiger partial charge on any atom is 0.258 e. The van der Waals surface area contributed by atoms with Gasteiger partial charge < -0.3 is 10.1 Å². The van der Waals surface area contributed by atoms with E-state index in [0.29, 0.717) is 0 Å². The summed E-state index contributed by atoms with van der Waals surface area (Å²) in [6.07, 6.45) is 0. The quantitative estimate of drug-likeness (QED) is 0.911. The fourth-order valence-corrected chi connectivity index (χ4v) is 2.27. The Hall–Kier alpha value is -2.29. The number of nitrogens with one attached hydrogen (secondary N) is 1. The van der Waals surface area contributed by atoms with Crippen LogP contribution in [-0.2, 0) is 4.79 Å². The number of carbonyl (C=O) groups excluding carboxylic acids is 1. The third-order valence-electron chi connectivity index (χ3n) is 3.43. The third kappa shape index (κ3) is 4.09. The first-order valence-corrected chi connectivity index (χ1v) is 7.11. The average Bonchev–Trinajstić information content (AvgIpc) is 2.47. The monoisotopic (exact) mass is 283 g/mol. The highest BCUT2D eigenvalue weighted by molar-refractivity contribution is 5.78. The number of hydrogen-bond acceptors (Lipinski definition) is 2. The summed E-state index contributed by atoms with van der Waals surface area (Å²) >= 11 is 0. The molecule has 1 atom stereocenters. The second-order valence-corrected chi connectivity index (χ2v) is 5.21. The standard InChI is InChI=1S/C18H21NO2/c1-13-8-7-9-14(2)18(13)21-12-17(20)19-15(3)16-10-5-4-6-11-16/h4-11,15H,12H2,1-3H3,(H,19,20)/t15-/m0/s1. The highest BCUT2D eigenvalue weighted by Gasteiger charge is 2.11. The molecule has 0 heterocycles. The van der Waals surface area contributed by atoms with Crippen LogP contribution in [0.25, 0.3) is 0 Å². The molecule has 0 aliphatic rings. The molecule has 3 nitrogen and oxygen atoms in total. The van der Waals surface area contributed by atoms with E-state index >= 15 is 0 Å². The van der Waals surface area contributed by atoms with Crippen LogP contribution in [0, 0.1) is 13.8 Å². The van der Waals surface area contributed by atoms with Gasteiger partial charge in [0.2, 0.25) is 0 Å². The molecule has 2 rings (SSSR count). The first-order chi connectivity index (χ1) is 10.1. The summed E-state index contributed by atoms with van der Waals surface area (Å²) in [4.78, 5) is 12.0. The Morgan fingerprint density at radius 2 is 1.67 bits per heavy atom. The second kappa shape index (κ2) is 6.93. The van der Waals surface area contributed by atoms with Crippen molar-refractivity contribution in [1.29, 1.82) is 0 Å². The van der Waals surface area contributed by atoms with Gasteiger partial charge in [0.25, 0.3) is 5.91 Å². The number of para-hydroxylation sites is 1. The van der Waals surface area contributed by atoms with Gasteiger partial charge in [-0.1, -0.05) is 48.5 Å². The van der Waals surface area contributed by atoms with E-state index in [1.165, 1.54) is 0 Å². The van der Waals surface area contributed by atoms with Crippen LogP contribution in [-0.4, -0.2) is 12.5 Å². The minimum atomic E-state index is -0.117. The van der Waals surface area contributed by atoms with Crippen molar-refractivity contribution >= 4 is 5.91 Å². The summed E-state index contributed by atoms with van der Waals surface area (Å²) in [5.74, 6) is 0.675. The van der Waals surface area contributed by atoms with Crippen LogP contribution in [0.4, 0.5) is 0 Å². The van der Waals surface area contributed by atoms with Crippen LogP contribution in [0.5, 0.6) is 5.75 Å². The lowest BCUT2D eigenvalue weighted by atomic mass is 10.1. The molecular formula is C18H21NO2. The molecule has 1 N–H and O–H groups in total. The van der Waals surface area contributed by atoms with Crippen LogP contribution < -0.4 is 10.1 Å². The molecule has 0 aliphatic carbocycles. The number of hydrogen-bond donors (Lipinski definition) is 1. The van der Waals surface area contributed by atoms with Crippen molar-refractivity contribution in [2.75, 3.05) is 6.61 Å². The van der Waals surface area contributed by atoms with E-state index in [0.717, 1.165) is 22.4 Å². The van der Waals surface area contributed by atoms with Crippen LogP contribution in [0.15, 0.2) is 48.5 Å². The smallest absolute Gasteiger partial charge is 0.258 e. The number of benzene rings is 2. The largest absolute Gasteiger partial charge is 0.483 e. The Kier molecular flexibility index (Phi) is 4.99. The number of rotatable bonds is 5. The van der Waals surface area contributed by atoms with E-state index in [4.69, 9.17) is 4.74 Å². The van der Waals surface area contributed by atoms with Crippen LogP contribution in [0.2, 0.25) is 0 Å². The van der Waals surface area contributed by atoms with Gasteiger partial charge in [0.05, 0.1) is 6.04 Å². The predicted molar refractivity (Wildman–Crippen MR) is 84.4 cm³/mol. The van der Waals surface area contributed by atoms with Crippen molar-refractivity contribution in [2.24, 2.45) is 0 Å². The zero-order valence-corrected chi connectivity index (χ0v) is 12.7. The lowest BCUT2D eigenvalue weighted by Gasteiger charge is -2.16. The van der Waals surface area contributed by atoms with E-state index in [-0.39, 0.29) is 18.6 Å². The lowest BCUT2D eigenvalue weighted by Crippen LogP contribution is -2.31. The first-order valence-electron chi connectivity index (χ1n) is 7.11. The summed E-state index contributed by atoms with van der Waals surface area (Å²) < 4.78 is 5.65. The summed E-state index contributed by atoms with van der Waals surface area (Å²) in [6.45, 7) is 5.95. The molecule has 0 spiro atoms. The minimum Gasteiger partial charge on any atom is -0.483 e. The van der Waals surface area contributed by atoms with Crippen molar-refractivity contribution in [3.8, 4) is 5.75 Å².